The summed E-state index contributed by atoms with van der Waals surface area (Å²) in [5, 5.41) is 11.7. The van der Waals surface area contributed by atoms with E-state index in [1.54, 1.807) is 24.3 Å². The van der Waals surface area contributed by atoms with Crippen molar-refractivity contribution in [3.8, 4) is 6.07 Å². The van der Waals surface area contributed by atoms with Gasteiger partial charge < -0.3 is 10.1 Å². The van der Waals surface area contributed by atoms with Crippen LogP contribution < -0.4 is 5.32 Å². The SMILES string of the molecule is CC1CN(CC(=O)Nc2ccccc2C#N)CCO1. The quantitative estimate of drug-likeness (QED) is 0.886. The van der Waals surface area contributed by atoms with Crippen LogP contribution in [0.5, 0.6) is 0 Å². The number of nitrogens with one attached hydrogen (secondary N) is 1. The van der Waals surface area contributed by atoms with Crippen LogP contribution in [-0.2, 0) is 9.53 Å². The Kier molecular flexibility index (Phi) is 4.50. The zero-order valence-electron chi connectivity index (χ0n) is 10.9. The summed E-state index contributed by atoms with van der Waals surface area (Å²) in [5.41, 5.74) is 1.04. The standard InChI is InChI=1S/C14H17N3O2/c1-11-9-17(6-7-19-11)10-14(18)16-13-5-3-2-4-12(13)8-15/h2-5,11H,6-7,9-10H2,1H3,(H,16,18). The van der Waals surface area contributed by atoms with Crippen molar-refractivity contribution in [2.24, 2.45) is 0 Å². The molecule has 1 aliphatic rings. The zero-order valence-corrected chi connectivity index (χ0v) is 10.9. The molecule has 1 saturated heterocycles. The largest absolute Gasteiger partial charge is 0.376 e. The summed E-state index contributed by atoms with van der Waals surface area (Å²) in [6.45, 7) is 4.50. The second-order valence-corrected chi connectivity index (χ2v) is 4.62. The van der Waals surface area contributed by atoms with E-state index in [1.807, 2.05) is 6.92 Å². The number of para-hydroxylation sites is 1. The molecule has 0 aromatic heterocycles. The molecule has 1 unspecified atom stereocenters. The Morgan fingerprint density at radius 1 is 1.58 bits per heavy atom. The lowest BCUT2D eigenvalue weighted by atomic mass is 10.2. The van der Waals surface area contributed by atoms with Gasteiger partial charge in [0.2, 0.25) is 5.91 Å². The van der Waals surface area contributed by atoms with Crippen molar-refractivity contribution >= 4 is 11.6 Å². The molecule has 0 bridgehead atoms. The average molecular weight is 259 g/mol. The summed E-state index contributed by atoms with van der Waals surface area (Å²) in [5.74, 6) is -0.100. The van der Waals surface area contributed by atoms with Crippen LogP contribution in [0.25, 0.3) is 0 Å². The Morgan fingerprint density at radius 2 is 2.37 bits per heavy atom. The van der Waals surface area contributed by atoms with Gasteiger partial charge in [-0.2, -0.15) is 5.26 Å². The number of amides is 1. The minimum absolute atomic E-state index is 0.100. The molecular weight excluding hydrogens is 242 g/mol. The second kappa shape index (κ2) is 6.32. The van der Waals surface area contributed by atoms with Crippen molar-refractivity contribution in [3.63, 3.8) is 0 Å². The van der Waals surface area contributed by atoms with Gasteiger partial charge in [-0.25, -0.2) is 0 Å². The Labute approximate surface area is 112 Å². The molecular formula is C14H17N3O2. The second-order valence-electron chi connectivity index (χ2n) is 4.62. The molecule has 2 rings (SSSR count). The minimum atomic E-state index is -0.100. The van der Waals surface area contributed by atoms with Crippen LogP contribution in [-0.4, -0.2) is 43.2 Å². The van der Waals surface area contributed by atoms with Crippen molar-refractivity contribution in [3.05, 3.63) is 29.8 Å². The Bertz CT molecular complexity index is 496. The van der Waals surface area contributed by atoms with Gasteiger partial charge in [0.25, 0.3) is 0 Å². The first-order valence-corrected chi connectivity index (χ1v) is 6.32. The number of nitriles is 1. The molecule has 1 fully saturated rings. The summed E-state index contributed by atoms with van der Waals surface area (Å²) in [7, 11) is 0. The Morgan fingerprint density at radius 3 is 3.11 bits per heavy atom. The van der Waals surface area contributed by atoms with Crippen molar-refractivity contribution in [2.45, 2.75) is 13.0 Å². The van der Waals surface area contributed by atoms with Crippen LogP contribution >= 0.6 is 0 Å². The smallest absolute Gasteiger partial charge is 0.238 e. The molecule has 0 saturated carbocycles. The molecule has 1 amide bonds. The lowest BCUT2D eigenvalue weighted by Crippen LogP contribution is -2.44. The first-order valence-electron chi connectivity index (χ1n) is 6.32. The van der Waals surface area contributed by atoms with Crippen molar-refractivity contribution in [2.75, 3.05) is 31.6 Å². The molecule has 1 aliphatic heterocycles. The van der Waals surface area contributed by atoms with E-state index in [4.69, 9.17) is 10.00 Å². The minimum Gasteiger partial charge on any atom is -0.376 e. The van der Waals surface area contributed by atoms with Crippen LogP contribution in [0.4, 0.5) is 5.69 Å². The number of hydrogen-bond acceptors (Lipinski definition) is 4. The van der Waals surface area contributed by atoms with Gasteiger partial charge in [0, 0.05) is 13.1 Å². The van der Waals surface area contributed by atoms with Crippen LogP contribution in [0.2, 0.25) is 0 Å². The summed E-state index contributed by atoms with van der Waals surface area (Å²) >= 11 is 0. The number of rotatable bonds is 3. The van der Waals surface area contributed by atoms with Crippen molar-refractivity contribution < 1.29 is 9.53 Å². The summed E-state index contributed by atoms with van der Waals surface area (Å²) < 4.78 is 5.43. The van der Waals surface area contributed by atoms with E-state index in [0.717, 1.165) is 13.1 Å². The fraction of sp³-hybridized carbons (Fsp3) is 0.429. The van der Waals surface area contributed by atoms with Crippen LogP contribution in [0, 0.1) is 11.3 Å². The topological polar surface area (TPSA) is 65.4 Å². The molecule has 1 atom stereocenters. The third kappa shape index (κ3) is 3.78. The van der Waals surface area contributed by atoms with Crippen molar-refractivity contribution in [1.82, 2.24) is 4.90 Å². The molecule has 5 nitrogen and oxygen atoms in total. The van der Waals surface area contributed by atoms with Crippen LogP contribution in [0.1, 0.15) is 12.5 Å². The van der Waals surface area contributed by atoms with Gasteiger partial charge in [-0.3, -0.25) is 9.69 Å². The van der Waals surface area contributed by atoms with E-state index in [1.165, 1.54) is 0 Å². The molecule has 5 heteroatoms. The van der Waals surface area contributed by atoms with Gasteiger partial charge in [0.1, 0.15) is 6.07 Å². The number of morpholine rings is 1. The van der Waals surface area contributed by atoms with Gasteiger partial charge in [0.05, 0.1) is 30.5 Å². The summed E-state index contributed by atoms with van der Waals surface area (Å²) in [4.78, 5) is 14.0. The Balaban J connectivity index is 1.92. The molecule has 0 aliphatic carbocycles. The monoisotopic (exact) mass is 259 g/mol. The lowest BCUT2D eigenvalue weighted by Gasteiger charge is -2.30. The highest BCUT2D eigenvalue weighted by atomic mass is 16.5. The number of benzene rings is 1. The van der Waals surface area contributed by atoms with Gasteiger partial charge >= 0.3 is 0 Å². The normalized spacial score (nSPS) is 19.7. The first-order chi connectivity index (χ1) is 9.19. The third-order valence-corrected chi connectivity index (χ3v) is 3.01. The molecule has 1 aromatic carbocycles. The highest BCUT2D eigenvalue weighted by Gasteiger charge is 2.19. The predicted octanol–water partition coefficient (Wildman–Crippen LogP) is 1.22. The maximum atomic E-state index is 12.0. The number of carbonyl (C=O) groups excluding carboxylic acids is 1. The molecule has 0 radical (unpaired) electrons. The number of hydrogen-bond donors (Lipinski definition) is 1. The zero-order chi connectivity index (χ0) is 13.7. The summed E-state index contributed by atoms with van der Waals surface area (Å²) in [6, 6.07) is 9.06. The molecule has 19 heavy (non-hydrogen) atoms. The van der Waals surface area contributed by atoms with E-state index in [2.05, 4.69) is 16.3 Å². The number of carbonyl (C=O) groups is 1. The van der Waals surface area contributed by atoms with Gasteiger partial charge in [-0.15, -0.1) is 0 Å². The molecule has 0 spiro atoms. The van der Waals surface area contributed by atoms with E-state index in [9.17, 15) is 4.79 Å². The molecule has 1 heterocycles. The van der Waals surface area contributed by atoms with Crippen LogP contribution in [0.15, 0.2) is 24.3 Å². The van der Waals surface area contributed by atoms with E-state index in [0.29, 0.717) is 24.4 Å². The first kappa shape index (κ1) is 13.5. The van der Waals surface area contributed by atoms with Gasteiger partial charge in [0.15, 0.2) is 0 Å². The predicted molar refractivity (Wildman–Crippen MR) is 71.6 cm³/mol. The Hall–Kier alpha value is -1.90. The fourth-order valence-electron chi connectivity index (χ4n) is 2.12. The van der Waals surface area contributed by atoms with Crippen LogP contribution in [0.3, 0.4) is 0 Å². The fourth-order valence-corrected chi connectivity index (χ4v) is 2.12. The highest BCUT2D eigenvalue weighted by molar-refractivity contribution is 5.93. The van der Waals surface area contributed by atoms with E-state index in [-0.39, 0.29) is 12.0 Å². The number of nitrogens with zero attached hydrogens (tertiary/aromatic N) is 2. The van der Waals surface area contributed by atoms with Gasteiger partial charge in [-0.05, 0) is 19.1 Å². The number of anilines is 1. The summed E-state index contributed by atoms with van der Waals surface area (Å²) in [6.07, 6.45) is 0.160. The lowest BCUT2D eigenvalue weighted by molar-refractivity contribution is -0.119. The maximum Gasteiger partial charge on any atom is 0.238 e. The highest BCUT2D eigenvalue weighted by Crippen LogP contribution is 2.13. The van der Waals surface area contributed by atoms with E-state index >= 15 is 0 Å². The third-order valence-electron chi connectivity index (χ3n) is 3.01. The van der Waals surface area contributed by atoms with Crippen molar-refractivity contribution in [1.29, 1.82) is 5.26 Å². The van der Waals surface area contributed by atoms with E-state index < -0.39 is 0 Å². The molecule has 1 aromatic rings. The maximum absolute atomic E-state index is 12.0. The molecule has 100 valence electrons. The van der Waals surface area contributed by atoms with Gasteiger partial charge in [-0.1, -0.05) is 12.1 Å². The molecule has 1 N–H and O–H groups in total. The number of ether oxygens (including phenoxy) is 1. The average Bonchev–Trinajstić information content (AvgIpc) is 2.39.